The Bertz CT molecular complexity index is 1040. The van der Waals surface area contributed by atoms with Gasteiger partial charge in [0.2, 0.25) is 15.9 Å². The minimum atomic E-state index is -3.53. The van der Waals surface area contributed by atoms with E-state index in [1.165, 1.54) is 11.4 Å². The molecular weight excluding hydrogens is 408 g/mol. The van der Waals surface area contributed by atoms with Crippen LogP contribution in [0.5, 0.6) is 0 Å². The van der Waals surface area contributed by atoms with Gasteiger partial charge >= 0.3 is 5.97 Å². The molecule has 30 heavy (non-hydrogen) atoms. The van der Waals surface area contributed by atoms with Crippen LogP contribution in [0.1, 0.15) is 38.4 Å². The minimum Gasteiger partial charge on any atom is -0.467 e. The number of amides is 1. The molecule has 1 aliphatic heterocycles. The Morgan fingerprint density at radius 2 is 1.93 bits per heavy atom. The van der Waals surface area contributed by atoms with Crippen LogP contribution in [0.4, 0.5) is 0 Å². The van der Waals surface area contributed by atoms with Gasteiger partial charge in [-0.15, -0.1) is 0 Å². The highest BCUT2D eigenvalue weighted by molar-refractivity contribution is 7.89. The summed E-state index contributed by atoms with van der Waals surface area (Å²) >= 11 is 0. The summed E-state index contributed by atoms with van der Waals surface area (Å²) in [7, 11) is -0.431. The molecule has 164 valence electrons. The quantitative estimate of drug-likeness (QED) is 0.656. The van der Waals surface area contributed by atoms with Gasteiger partial charge in [0.15, 0.2) is 0 Å². The van der Waals surface area contributed by atoms with Gasteiger partial charge in [0.05, 0.1) is 23.0 Å². The average Bonchev–Trinajstić information content (AvgIpc) is 3.07. The van der Waals surface area contributed by atoms with E-state index >= 15 is 0 Å². The van der Waals surface area contributed by atoms with Crippen LogP contribution >= 0.6 is 0 Å². The van der Waals surface area contributed by atoms with E-state index in [1.807, 2.05) is 11.6 Å². The number of benzene rings is 1. The van der Waals surface area contributed by atoms with E-state index in [-0.39, 0.29) is 17.2 Å². The van der Waals surface area contributed by atoms with Gasteiger partial charge in [-0.1, -0.05) is 6.42 Å². The number of carbonyl (C=O) groups excluding carboxylic acids is 2. The molecule has 0 radical (unpaired) electrons. The number of fused-ring (bicyclic) bond motifs is 1. The van der Waals surface area contributed by atoms with Crippen molar-refractivity contribution in [1.82, 2.24) is 19.2 Å². The molecular formula is C20H28N4O5S. The Balaban J connectivity index is 1.74. The van der Waals surface area contributed by atoms with Crippen molar-refractivity contribution >= 4 is 32.9 Å². The number of nitrogens with one attached hydrogen (secondary N) is 1. The molecule has 3 rings (SSSR count). The molecule has 1 aromatic carbocycles. The zero-order valence-corrected chi connectivity index (χ0v) is 18.4. The van der Waals surface area contributed by atoms with Crippen molar-refractivity contribution in [2.45, 2.75) is 50.0 Å². The summed E-state index contributed by atoms with van der Waals surface area (Å²) in [6.07, 6.45) is 3.33. The fourth-order valence-electron chi connectivity index (χ4n) is 3.64. The Kier molecular flexibility index (Phi) is 6.77. The normalized spacial score (nSPS) is 16.4. The van der Waals surface area contributed by atoms with E-state index in [0.29, 0.717) is 30.9 Å². The Morgan fingerprint density at radius 1 is 1.23 bits per heavy atom. The van der Waals surface area contributed by atoms with E-state index in [1.54, 1.807) is 25.1 Å². The van der Waals surface area contributed by atoms with Crippen molar-refractivity contribution in [3.05, 3.63) is 24.0 Å². The number of nitrogens with zero attached hydrogens (tertiary/aromatic N) is 3. The first-order valence-electron chi connectivity index (χ1n) is 10.1. The van der Waals surface area contributed by atoms with Gasteiger partial charge < -0.3 is 14.6 Å². The molecule has 0 spiro atoms. The summed E-state index contributed by atoms with van der Waals surface area (Å²) in [6, 6.07) is 4.25. The maximum Gasteiger partial charge on any atom is 0.328 e. The van der Waals surface area contributed by atoms with Gasteiger partial charge in [0.1, 0.15) is 11.9 Å². The van der Waals surface area contributed by atoms with Gasteiger partial charge in [-0.25, -0.2) is 18.2 Å². The number of hydrogen-bond acceptors (Lipinski definition) is 6. The molecule has 1 N–H and O–H groups in total. The Morgan fingerprint density at radius 3 is 2.60 bits per heavy atom. The van der Waals surface area contributed by atoms with E-state index in [9.17, 15) is 18.0 Å². The topological polar surface area (TPSA) is 111 Å². The van der Waals surface area contributed by atoms with Crippen molar-refractivity contribution in [2.24, 2.45) is 7.05 Å². The number of carbonyl (C=O) groups is 2. The number of rotatable bonds is 7. The van der Waals surface area contributed by atoms with E-state index in [0.717, 1.165) is 24.8 Å². The molecule has 1 saturated heterocycles. The molecule has 1 amide bonds. The number of aryl methyl sites for hydroxylation is 2. The second-order valence-corrected chi connectivity index (χ2v) is 9.45. The SMILES string of the molecule is COC(=O)[C@@H](C)NC(=O)CCc1nc2cc(S(=O)(=O)N3CCCCC3)ccc2n1C. The Labute approximate surface area is 176 Å². The summed E-state index contributed by atoms with van der Waals surface area (Å²) in [5, 5.41) is 2.58. The van der Waals surface area contributed by atoms with Gasteiger partial charge in [-0.3, -0.25) is 4.79 Å². The van der Waals surface area contributed by atoms with Crippen LogP contribution in [0, 0.1) is 0 Å². The summed E-state index contributed by atoms with van der Waals surface area (Å²) in [4.78, 5) is 28.3. The zero-order valence-electron chi connectivity index (χ0n) is 17.6. The highest BCUT2D eigenvalue weighted by atomic mass is 32.2. The largest absolute Gasteiger partial charge is 0.467 e. The molecule has 0 bridgehead atoms. The summed E-state index contributed by atoms with van der Waals surface area (Å²) in [5.41, 5.74) is 1.37. The standard InChI is InChI=1S/C20H28N4O5S/c1-14(20(26)29-3)21-19(25)10-9-18-22-16-13-15(7-8-17(16)23(18)2)30(27,28)24-11-5-4-6-12-24/h7-8,13-14H,4-6,9-12H2,1-3H3,(H,21,25)/t14-/m1/s1. The third-order valence-electron chi connectivity index (χ3n) is 5.41. The smallest absolute Gasteiger partial charge is 0.328 e. The maximum atomic E-state index is 12.9. The molecule has 0 unspecified atom stereocenters. The van der Waals surface area contributed by atoms with Crippen molar-refractivity contribution in [1.29, 1.82) is 0 Å². The lowest BCUT2D eigenvalue weighted by atomic mass is 10.2. The molecule has 1 aromatic heterocycles. The van der Waals surface area contributed by atoms with Crippen LogP contribution in [-0.2, 0) is 37.8 Å². The molecule has 1 atom stereocenters. The first-order valence-corrected chi connectivity index (χ1v) is 11.5. The zero-order chi connectivity index (χ0) is 21.9. The number of piperidine rings is 1. The summed E-state index contributed by atoms with van der Waals surface area (Å²) in [6.45, 7) is 2.66. The number of ether oxygens (including phenoxy) is 1. The van der Waals surface area contributed by atoms with E-state index in [2.05, 4.69) is 15.0 Å². The maximum absolute atomic E-state index is 12.9. The lowest BCUT2D eigenvalue weighted by molar-refractivity contribution is -0.144. The van der Waals surface area contributed by atoms with Crippen LogP contribution in [-0.4, -0.2) is 60.4 Å². The summed E-state index contributed by atoms with van der Waals surface area (Å²) < 4.78 is 33.8. The molecule has 1 aliphatic rings. The van der Waals surface area contributed by atoms with Gasteiger partial charge in [0, 0.05) is 33.0 Å². The average molecular weight is 437 g/mol. The van der Waals surface area contributed by atoms with Crippen LogP contribution < -0.4 is 5.32 Å². The number of methoxy groups -OCH3 is 1. The van der Waals surface area contributed by atoms with Crippen LogP contribution in [0.15, 0.2) is 23.1 Å². The number of sulfonamides is 1. The minimum absolute atomic E-state index is 0.150. The van der Waals surface area contributed by atoms with Crippen LogP contribution in [0.2, 0.25) is 0 Å². The van der Waals surface area contributed by atoms with E-state index < -0.39 is 22.0 Å². The molecule has 2 aromatic rings. The highest BCUT2D eigenvalue weighted by Gasteiger charge is 2.26. The first kappa shape index (κ1) is 22.2. The molecule has 2 heterocycles. The number of esters is 1. The van der Waals surface area contributed by atoms with Crippen LogP contribution in [0.25, 0.3) is 11.0 Å². The first-order chi connectivity index (χ1) is 14.2. The number of imidazole rings is 1. The third kappa shape index (κ3) is 4.65. The predicted octanol–water partition coefficient (Wildman–Crippen LogP) is 1.36. The number of aromatic nitrogens is 2. The second-order valence-electron chi connectivity index (χ2n) is 7.51. The fraction of sp³-hybridized carbons (Fsp3) is 0.550. The van der Waals surface area contributed by atoms with Crippen molar-refractivity contribution in [2.75, 3.05) is 20.2 Å². The second kappa shape index (κ2) is 9.13. The van der Waals surface area contributed by atoms with Crippen LogP contribution in [0.3, 0.4) is 0 Å². The molecule has 9 nitrogen and oxygen atoms in total. The lowest BCUT2D eigenvalue weighted by Crippen LogP contribution is -2.39. The van der Waals surface area contributed by atoms with Crippen molar-refractivity contribution in [3.63, 3.8) is 0 Å². The highest BCUT2D eigenvalue weighted by Crippen LogP contribution is 2.24. The number of hydrogen-bond donors (Lipinski definition) is 1. The predicted molar refractivity (Wildman–Crippen MR) is 111 cm³/mol. The fourth-order valence-corrected chi connectivity index (χ4v) is 5.18. The lowest BCUT2D eigenvalue weighted by Gasteiger charge is -2.25. The molecule has 10 heteroatoms. The molecule has 0 saturated carbocycles. The molecule has 0 aliphatic carbocycles. The van der Waals surface area contributed by atoms with Gasteiger partial charge in [-0.2, -0.15) is 4.31 Å². The Hall–Kier alpha value is -2.46. The third-order valence-corrected chi connectivity index (χ3v) is 7.30. The van der Waals surface area contributed by atoms with E-state index in [4.69, 9.17) is 0 Å². The van der Waals surface area contributed by atoms with Gasteiger partial charge in [0.25, 0.3) is 0 Å². The van der Waals surface area contributed by atoms with Gasteiger partial charge in [-0.05, 0) is 38.0 Å². The monoisotopic (exact) mass is 436 g/mol. The van der Waals surface area contributed by atoms with Crippen molar-refractivity contribution < 1.29 is 22.7 Å². The molecule has 1 fully saturated rings. The van der Waals surface area contributed by atoms with Crippen molar-refractivity contribution in [3.8, 4) is 0 Å². The summed E-state index contributed by atoms with van der Waals surface area (Å²) in [5.74, 6) is -0.125.